The second-order valence-electron chi connectivity index (χ2n) is 6.75. The molecule has 0 saturated carbocycles. The van der Waals surface area contributed by atoms with Crippen LogP contribution in [0.15, 0.2) is 21.9 Å². The fourth-order valence-electron chi connectivity index (χ4n) is 3.02. The fourth-order valence-corrected chi connectivity index (χ4v) is 4.49. The van der Waals surface area contributed by atoms with Gasteiger partial charge in [0.05, 0.1) is 17.5 Å². The molecule has 0 amide bonds. The molecule has 0 spiro atoms. The molecule has 1 aliphatic rings. The van der Waals surface area contributed by atoms with Gasteiger partial charge in [0.1, 0.15) is 18.1 Å². The van der Waals surface area contributed by atoms with Gasteiger partial charge in [-0.2, -0.15) is 0 Å². The maximum Gasteiger partial charge on any atom is 0.325 e. The van der Waals surface area contributed by atoms with Crippen molar-refractivity contribution in [2.75, 3.05) is 20.3 Å². The Balaban J connectivity index is 1.94. The second kappa shape index (κ2) is 9.95. The summed E-state index contributed by atoms with van der Waals surface area (Å²) in [6.07, 6.45) is 1.84. The van der Waals surface area contributed by atoms with Gasteiger partial charge in [0.25, 0.3) is 0 Å². The van der Waals surface area contributed by atoms with Gasteiger partial charge >= 0.3 is 10.8 Å². The van der Waals surface area contributed by atoms with Gasteiger partial charge in [-0.3, -0.25) is 14.3 Å². The van der Waals surface area contributed by atoms with Crippen LogP contribution >= 0.6 is 35.2 Å². The minimum atomic E-state index is -0.764. The number of halogens is 2. The lowest BCUT2D eigenvalue weighted by Gasteiger charge is -2.16. The minimum absolute atomic E-state index is 0.000534. The Bertz CT molecular complexity index is 1090. The zero-order valence-corrected chi connectivity index (χ0v) is 18.9. The quantitative estimate of drug-likeness (QED) is 0.267. The van der Waals surface area contributed by atoms with Gasteiger partial charge < -0.3 is 9.47 Å². The first kappa shape index (κ1) is 22.8. The molecule has 3 rings (SSSR count). The summed E-state index contributed by atoms with van der Waals surface area (Å²) in [4.78, 5) is 29.2. The first-order valence-corrected chi connectivity index (χ1v) is 11.0. The number of carbonyl (C=O) groups is 1. The molecule has 1 unspecified atom stereocenters. The summed E-state index contributed by atoms with van der Waals surface area (Å²) in [7, 11) is 1.50. The van der Waals surface area contributed by atoms with E-state index in [0.29, 0.717) is 23.5 Å². The average molecular weight is 474 g/mol. The van der Waals surface area contributed by atoms with Crippen molar-refractivity contribution in [1.29, 1.82) is 0 Å². The highest BCUT2D eigenvalue weighted by atomic mass is 35.5. The standard InChI is InChI=1S/C19H21ClFN3O4S2/c1-11(17(25)28-8-7-27-2)16(29)12-9-15(14(21)10-13(12)20)22-18-23-5-3-4-6-24(23)19(26)30-18/h9-11H,3-8H2,1-2H3. The van der Waals surface area contributed by atoms with Gasteiger partial charge in [-0.25, -0.2) is 14.1 Å². The van der Waals surface area contributed by atoms with E-state index in [9.17, 15) is 14.0 Å². The van der Waals surface area contributed by atoms with Gasteiger partial charge in [-0.15, -0.1) is 0 Å². The smallest absolute Gasteiger partial charge is 0.325 e. The Kier molecular flexibility index (Phi) is 7.56. The third-order valence-corrected chi connectivity index (χ3v) is 6.44. The van der Waals surface area contributed by atoms with Crippen molar-refractivity contribution in [3.05, 3.63) is 43.0 Å². The number of aromatic nitrogens is 2. The number of esters is 1. The summed E-state index contributed by atoms with van der Waals surface area (Å²) in [5, 5.41) is 0.0766. The van der Waals surface area contributed by atoms with Crippen LogP contribution in [-0.2, 0) is 27.4 Å². The van der Waals surface area contributed by atoms with E-state index in [1.807, 2.05) is 0 Å². The van der Waals surface area contributed by atoms with Gasteiger partial charge in [0.15, 0.2) is 0 Å². The number of carbonyl (C=O) groups excluding carboxylic acids is 1. The largest absolute Gasteiger partial charge is 0.463 e. The fraction of sp³-hybridized carbons (Fsp3) is 0.474. The molecule has 0 radical (unpaired) electrons. The van der Waals surface area contributed by atoms with Crippen LogP contribution in [0.2, 0.25) is 5.02 Å². The maximum atomic E-state index is 14.6. The van der Waals surface area contributed by atoms with Crippen LogP contribution in [0.5, 0.6) is 0 Å². The number of fused-ring (bicyclic) bond motifs is 1. The Morgan fingerprint density at radius 3 is 2.73 bits per heavy atom. The summed E-state index contributed by atoms with van der Waals surface area (Å²) in [5.74, 6) is -1.93. The summed E-state index contributed by atoms with van der Waals surface area (Å²) >= 11 is 12.6. The zero-order valence-electron chi connectivity index (χ0n) is 16.5. The van der Waals surface area contributed by atoms with Crippen LogP contribution in [0.4, 0.5) is 10.1 Å². The van der Waals surface area contributed by atoms with Crippen molar-refractivity contribution in [3.63, 3.8) is 0 Å². The van der Waals surface area contributed by atoms with Crippen LogP contribution in [-0.4, -0.2) is 40.5 Å². The number of rotatable bonds is 7. The number of hydrogen-bond acceptors (Lipinski definition) is 7. The lowest BCUT2D eigenvalue weighted by atomic mass is 10.00. The molecule has 0 bridgehead atoms. The third kappa shape index (κ3) is 4.88. The van der Waals surface area contributed by atoms with Gasteiger partial charge in [0, 0.05) is 30.6 Å². The molecule has 11 heteroatoms. The number of methoxy groups -OCH3 is 1. The van der Waals surface area contributed by atoms with Gasteiger partial charge in [-0.05, 0) is 43.2 Å². The number of hydrogen-bond donors (Lipinski definition) is 0. The van der Waals surface area contributed by atoms with Crippen LogP contribution in [0.1, 0.15) is 25.3 Å². The highest BCUT2D eigenvalue weighted by Crippen LogP contribution is 2.29. The van der Waals surface area contributed by atoms with Crippen LogP contribution < -0.4 is 9.67 Å². The van der Waals surface area contributed by atoms with Crippen molar-refractivity contribution in [3.8, 4) is 0 Å². The van der Waals surface area contributed by atoms with E-state index in [4.69, 9.17) is 33.3 Å². The lowest BCUT2D eigenvalue weighted by molar-refractivity contribution is -0.146. The van der Waals surface area contributed by atoms with E-state index >= 15 is 0 Å². The number of thiocarbonyl (C=S) groups is 1. The Hall–Kier alpha value is -1.88. The number of ether oxygens (including phenoxy) is 2. The van der Waals surface area contributed by atoms with Crippen LogP contribution in [0, 0.1) is 11.7 Å². The van der Waals surface area contributed by atoms with E-state index in [2.05, 4.69) is 4.99 Å². The van der Waals surface area contributed by atoms with Crippen LogP contribution in [0.25, 0.3) is 0 Å². The van der Waals surface area contributed by atoms with Crippen molar-refractivity contribution in [2.24, 2.45) is 10.9 Å². The molecule has 1 atom stereocenters. The molecule has 1 aliphatic heterocycles. The molecule has 2 heterocycles. The molecule has 2 aromatic rings. The molecular weight excluding hydrogens is 453 g/mol. The zero-order chi connectivity index (χ0) is 21.8. The molecule has 0 fully saturated rings. The third-order valence-electron chi connectivity index (χ3n) is 4.69. The Morgan fingerprint density at radius 1 is 1.33 bits per heavy atom. The molecule has 7 nitrogen and oxygen atoms in total. The number of nitrogens with zero attached hydrogens (tertiary/aromatic N) is 3. The van der Waals surface area contributed by atoms with E-state index < -0.39 is 17.7 Å². The molecular formula is C19H21ClFN3O4S2. The van der Waals surface area contributed by atoms with Gasteiger partial charge in [0.2, 0.25) is 4.80 Å². The molecule has 1 aromatic heterocycles. The highest BCUT2D eigenvalue weighted by Gasteiger charge is 2.24. The predicted octanol–water partition coefficient (Wildman–Crippen LogP) is 3.07. The molecule has 162 valence electrons. The van der Waals surface area contributed by atoms with E-state index in [0.717, 1.165) is 30.2 Å². The molecule has 1 aromatic carbocycles. The molecule has 0 saturated heterocycles. The number of benzene rings is 1. The summed E-state index contributed by atoms with van der Waals surface area (Å²) in [6, 6.07) is 2.52. The average Bonchev–Trinajstić information content (AvgIpc) is 3.04. The van der Waals surface area contributed by atoms with Crippen molar-refractivity contribution in [1.82, 2.24) is 9.36 Å². The summed E-state index contributed by atoms with van der Waals surface area (Å²) in [5.41, 5.74) is 0.327. The van der Waals surface area contributed by atoms with Crippen molar-refractivity contribution in [2.45, 2.75) is 32.9 Å². The first-order chi connectivity index (χ1) is 14.3. The first-order valence-electron chi connectivity index (χ1n) is 9.37. The monoisotopic (exact) mass is 473 g/mol. The summed E-state index contributed by atoms with van der Waals surface area (Å²) in [6.45, 7) is 3.23. The minimum Gasteiger partial charge on any atom is -0.463 e. The Morgan fingerprint density at radius 2 is 2.03 bits per heavy atom. The maximum absolute atomic E-state index is 14.6. The lowest BCUT2D eigenvalue weighted by Crippen LogP contribution is -2.31. The topological polar surface area (TPSA) is 74.8 Å². The molecule has 0 N–H and O–H groups in total. The van der Waals surface area contributed by atoms with Crippen molar-refractivity contribution < 1.29 is 18.7 Å². The van der Waals surface area contributed by atoms with Crippen molar-refractivity contribution >= 4 is 51.7 Å². The van der Waals surface area contributed by atoms with E-state index in [-0.39, 0.29) is 33.7 Å². The molecule has 0 aliphatic carbocycles. The predicted molar refractivity (Wildman–Crippen MR) is 116 cm³/mol. The second-order valence-corrected chi connectivity index (χ2v) is 8.51. The molecule has 30 heavy (non-hydrogen) atoms. The Labute approximate surface area is 186 Å². The van der Waals surface area contributed by atoms with Gasteiger partial charge in [-0.1, -0.05) is 23.8 Å². The van der Waals surface area contributed by atoms with E-state index in [1.165, 1.54) is 13.2 Å². The normalized spacial score (nSPS) is 15.0. The SMILES string of the molecule is COCCOC(=O)C(C)C(=S)c1cc(N=c2sc(=O)n3n2CCCC3)c(F)cc1Cl. The van der Waals surface area contributed by atoms with Crippen LogP contribution in [0.3, 0.4) is 0 Å². The van der Waals surface area contributed by atoms with E-state index in [1.54, 1.807) is 16.3 Å². The highest BCUT2D eigenvalue weighted by molar-refractivity contribution is 7.81. The summed E-state index contributed by atoms with van der Waals surface area (Å²) < 4.78 is 27.9.